The van der Waals surface area contributed by atoms with Crippen LogP contribution in [0.15, 0.2) is 60.9 Å². The summed E-state index contributed by atoms with van der Waals surface area (Å²) in [5.74, 6) is -2.09. The number of aromatic nitrogens is 4. The fourth-order valence-electron chi connectivity index (χ4n) is 3.20. The Hall–Kier alpha value is -3.99. The van der Waals surface area contributed by atoms with Crippen LogP contribution in [-0.4, -0.2) is 42.7 Å². The predicted molar refractivity (Wildman–Crippen MR) is 122 cm³/mol. The molecule has 0 spiro atoms. The van der Waals surface area contributed by atoms with Gasteiger partial charge in [-0.1, -0.05) is 23.7 Å². The predicted octanol–water partition coefficient (Wildman–Crippen LogP) is 5.09. The molecule has 1 aromatic carbocycles. The highest BCUT2D eigenvalue weighted by molar-refractivity contribution is 6.30. The van der Waals surface area contributed by atoms with Gasteiger partial charge >= 0.3 is 12.1 Å². The summed E-state index contributed by atoms with van der Waals surface area (Å²) < 4.78 is 33.5. The summed E-state index contributed by atoms with van der Waals surface area (Å²) in [7, 11) is 0. The van der Waals surface area contributed by atoms with E-state index in [2.05, 4.69) is 15.4 Å². The SMILES string of the molecule is O=C(Nc1cc(-c2c(-c3cccc(Cl)c3)nc3cccnn23)ccn1)C1CC1.O=C(O)C(F)(F)F. The molecule has 5 rings (SSSR count). The van der Waals surface area contributed by atoms with Crippen LogP contribution in [0.1, 0.15) is 12.8 Å². The van der Waals surface area contributed by atoms with Gasteiger partial charge in [-0.25, -0.2) is 19.3 Å². The molecule has 12 heteroatoms. The summed E-state index contributed by atoms with van der Waals surface area (Å²) in [6.45, 7) is 0. The van der Waals surface area contributed by atoms with E-state index in [1.165, 1.54) is 0 Å². The van der Waals surface area contributed by atoms with Crippen LogP contribution in [0.2, 0.25) is 5.02 Å². The minimum atomic E-state index is -5.08. The molecule has 0 atom stereocenters. The molecule has 0 bridgehead atoms. The number of aliphatic carboxylic acids is 1. The van der Waals surface area contributed by atoms with Gasteiger partial charge in [-0.15, -0.1) is 0 Å². The number of halogens is 4. The number of alkyl halides is 3. The van der Waals surface area contributed by atoms with Crippen molar-refractivity contribution in [3.8, 4) is 22.5 Å². The Bertz CT molecular complexity index is 1400. The summed E-state index contributed by atoms with van der Waals surface area (Å²) in [5, 5.41) is 15.1. The Morgan fingerprint density at radius 1 is 1.06 bits per heavy atom. The number of carboxylic acid groups (broad SMARTS) is 1. The maximum Gasteiger partial charge on any atom is 0.490 e. The van der Waals surface area contributed by atoms with Crippen molar-refractivity contribution in [2.75, 3.05) is 5.32 Å². The minimum absolute atomic E-state index is 0.0241. The fraction of sp³-hybridized carbons (Fsp3) is 0.174. The van der Waals surface area contributed by atoms with E-state index in [0.717, 1.165) is 41.0 Å². The fourth-order valence-corrected chi connectivity index (χ4v) is 3.40. The third kappa shape index (κ3) is 5.75. The molecule has 35 heavy (non-hydrogen) atoms. The third-order valence-electron chi connectivity index (χ3n) is 4.97. The van der Waals surface area contributed by atoms with E-state index < -0.39 is 12.1 Å². The highest BCUT2D eigenvalue weighted by atomic mass is 35.5. The van der Waals surface area contributed by atoms with Gasteiger partial charge in [-0.3, -0.25) is 4.79 Å². The lowest BCUT2D eigenvalue weighted by Crippen LogP contribution is -2.21. The molecule has 0 aliphatic heterocycles. The Labute approximate surface area is 201 Å². The van der Waals surface area contributed by atoms with Gasteiger partial charge in [-0.05, 0) is 49.2 Å². The molecule has 0 radical (unpaired) electrons. The normalized spacial score (nSPS) is 13.1. The van der Waals surface area contributed by atoms with Crippen LogP contribution < -0.4 is 5.32 Å². The smallest absolute Gasteiger partial charge is 0.475 e. The molecule has 180 valence electrons. The molecule has 1 aliphatic carbocycles. The van der Waals surface area contributed by atoms with Crippen LogP contribution in [0.5, 0.6) is 0 Å². The summed E-state index contributed by atoms with van der Waals surface area (Å²) >= 11 is 6.20. The van der Waals surface area contributed by atoms with Crippen LogP contribution in [0.3, 0.4) is 0 Å². The molecule has 1 saturated carbocycles. The third-order valence-corrected chi connectivity index (χ3v) is 5.20. The molecule has 2 N–H and O–H groups in total. The summed E-state index contributed by atoms with van der Waals surface area (Å²) in [4.78, 5) is 30.1. The zero-order chi connectivity index (χ0) is 25.2. The van der Waals surface area contributed by atoms with E-state index in [9.17, 15) is 18.0 Å². The van der Waals surface area contributed by atoms with E-state index in [-0.39, 0.29) is 11.8 Å². The van der Waals surface area contributed by atoms with Crippen LogP contribution >= 0.6 is 11.6 Å². The Morgan fingerprint density at radius 3 is 2.46 bits per heavy atom. The molecule has 3 aromatic heterocycles. The van der Waals surface area contributed by atoms with Crippen LogP contribution in [0.25, 0.3) is 28.2 Å². The highest BCUT2D eigenvalue weighted by Gasteiger charge is 2.38. The highest BCUT2D eigenvalue weighted by Crippen LogP contribution is 2.34. The van der Waals surface area contributed by atoms with E-state index in [4.69, 9.17) is 26.5 Å². The number of hydrogen-bond donors (Lipinski definition) is 2. The molecule has 0 saturated heterocycles. The van der Waals surface area contributed by atoms with Gasteiger partial charge in [0.2, 0.25) is 5.91 Å². The number of amides is 1. The summed E-state index contributed by atoms with van der Waals surface area (Å²) in [6, 6.07) is 15.1. The van der Waals surface area contributed by atoms with Crippen molar-refractivity contribution in [2.24, 2.45) is 5.92 Å². The first-order chi connectivity index (χ1) is 16.6. The Balaban J connectivity index is 0.000000364. The lowest BCUT2D eigenvalue weighted by atomic mass is 10.1. The van der Waals surface area contributed by atoms with E-state index >= 15 is 0 Å². The standard InChI is InChI=1S/C21H16ClN5O.C2HF3O2/c22-16-4-1-3-14(11-16)19-20(27-18(26-19)5-2-9-24-27)15-8-10-23-17(12-15)25-21(28)13-6-7-13;3-2(4,5)1(6)7/h1-5,8-13H,6-7H2,(H,23,25,28);(H,6,7). The maximum atomic E-state index is 12.1. The molecule has 0 unspecified atom stereocenters. The zero-order valence-corrected chi connectivity index (χ0v) is 18.6. The van der Waals surface area contributed by atoms with Gasteiger partial charge in [0.1, 0.15) is 11.5 Å². The molecular formula is C23H17ClF3N5O3. The van der Waals surface area contributed by atoms with Crippen molar-refractivity contribution in [3.63, 3.8) is 0 Å². The number of carbonyl (C=O) groups is 2. The van der Waals surface area contributed by atoms with Gasteiger partial charge in [-0.2, -0.15) is 18.3 Å². The van der Waals surface area contributed by atoms with E-state index in [1.807, 2.05) is 48.5 Å². The largest absolute Gasteiger partial charge is 0.490 e. The van der Waals surface area contributed by atoms with Gasteiger partial charge in [0.25, 0.3) is 0 Å². The van der Waals surface area contributed by atoms with Gasteiger partial charge in [0, 0.05) is 34.5 Å². The molecule has 1 aliphatic rings. The quantitative estimate of drug-likeness (QED) is 0.401. The number of hydrogen-bond acceptors (Lipinski definition) is 5. The Kier molecular flexibility index (Phi) is 6.70. The summed E-state index contributed by atoms with van der Waals surface area (Å²) in [6.07, 6.45) is 0.210. The number of pyridine rings is 1. The second-order valence-electron chi connectivity index (χ2n) is 7.61. The number of fused-ring (bicyclic) bond motifs is 1. The van der Waals surface area contributed by atoms with Gasteiger partial charge in [0.15, 0.2) is 5.65 Å². The van der Waals surface area contributed by atoms with E-state index in [1.54, 1.807) is 16.9 Å². The van der Waals surface area contributed by atoms with Gasteiger partial charge in [0.05, 0.1) is 5.69 Å². The first-order valence-corrected chi connectivity index (χ1v) is 10.7. The van der Waals surface area contributed by atoms with Gasteiger partial charge < -0.3 is 10.4 Å². The number of benzene rings is 1. The molecular weight excluding hydrogens is 487 g/mol. The average Bonchev–Trinajstić information content (AvgIpc) is 3.59. The molecule has 1 amide bonds. The number of anilines is 1. The zero-order valence-electron chi connectivity index (χ0n) is 17.8. The minimum Gasteiger partial charge on any atom is -0.475 e. The molecule has 4 aromatic rings. The number of nitrogens with one attached hydrogen (secondary N) is 1. The summed E-state index contributed by atoms with van der Waals surface area (Å²) in [5.41, 5.74) is 4.08. The second-order valence-corrected chi connectivity index (χ2v) is 8.05. The number of carbonyl (C=O) groups excluding carboxylic acids is 1. The lowest BCUT2D eigenvalue weighted by Gasteiger charge is -2.08. The van der Waals surface area contributed by atoms with Crippen LogP contribution in [0, 0.1) is 5.92 Å². The topological polar surface area (TPSA) is 109 Å². The number of carboxylic acids is 1. The van der Waals surface area contributed by atoms with Crippen molar-refractivity contribution in [1.82, 2.24) is 19.6 Å². The first kappa shape index (κ1) is 24.1. The molecule has 3 heterocycles. The van der Waals surface area contributed by atoms with Crippen LogP contribution in [0.4, 0.5) is 19.0 Å². The second kappa shape index (κ2) is 9.71. The van der Waals surface area contributed by atoms with Crippen molar-refractivity contribution < 1.29 is 27.9 Å². The maximum absolute atomic E-state index is 12.1. The van der Waals surface area contributed by atoms with Crippen molar-refractivity contribution in [2.45, 2.75) is 19.0 Å². The molecule has 8 nitrogen and oxygen atoms in total. The molecule has 1 fully saturated rings. The Morgan fingerprint density at radius 2 is 1.80 bits per heavy atom. The number of rotatable bonds is 4. The lowest BCUT2D eigenvalue weighted by molar-refractivity contribution is -0.192. The van der Waals surface area contributed by atoms with E-state index in [0.29, 0.717) is 10.8 Å². The van der Waals surface area contributed by atoms with Crippen molar-refractivity contribution >= 4 is 34.9 Å². The average molecular weight is 504 g/mol. The van der Waals surface area contributed by atoms with Crippen molar-refractivity contribution in [3.05, 3.63) is 65.9 Å². The monoisotopic (exact) mass is 503 g/mol. The van der Waals surface area contributed by atoms with Crippen LogP contribution in [-0.2, 0) is 9.59 Å². The van der Waals surface area contributed by atoms with Crippen molar-refractivity contribution in [1.29, 1.82) is 0 Å². The first-order valence-electron chi connectivity index (χ1n) is 10.3. The number of imidazole rings is 1. The number of nitrogens with zero attached hydrogens (tertiary/aromatic N) is 4.